The quantitative estimate of drug-likeness (QED) is 0.144. The van der Waals surface area contributed by atoms with Crippen molar-refractivity contribution in [2.75, 3.05) is 0 Å². The van der Waals surface area contributed by atoms with Crippen LogP contribution in [0.25, 0.3) is 0 Å². The molecule has 0 spiro atoms. The van der Waals surface area contributed by atoms with Gasteiger partial charge in [0.1, 0.15) is 37.1 Å². The molecule has 0 amide bonds. The van der Waals surface area contributed by atoms with Gasteiger partial charge < -0.3 is 14.2 Å². The molecule has 0 saturated carbocycles. The molecular weight excluding hydrogens is 546 g/mol. The van der Waals surface area contributed by atoms with Gasteiger partial charge in [-0.1, -0.05) is 109 Å². The first-order valence-electron chi connectivity index (χ1n) is 14.0. The maximum atomic E-state index is 13.9. The second kappa shape index (κ2) is 15.6. The number of benzene rings is 5. The van der Waals surface area contributed by atoms with Gasteiger partial charge >= 0.3 is 18.9 Å². The maximum absolute atomic E-state index is 13.9. The van der Waals surface area contributed by atoms with Crippen LogP contribution in [0.5, 0.6) is 17.2 Å². The zero-order chi connectivity index (χ0) is 29.3. The van der Waals surface area contributed by atoms with Crippen LogP contribution in [0.2, 0.25) is 0 Å². The van der Waals surface area contributed by atoms with E-state index in [1.54, 1.807) is 0 Å². The summed E-state index contributed by atoms with van der Waals surface area (Å²) in [6.45, 7) is 7.16. The van der Waals surface area contributed by atoms with Gasteiger partial charge in [0.25, 0.3) is 0 Å². The minimum atomic E-state index is -0.195. The standard InChI is InChI=1S/C37H35O4P.Li/c1-26-19-27(2)35(28(3)20-26)37(38)42-36-33(40-24-30-15-9-5-10-16-30)21-32(39-23-29-13-7-4-8-14-29)22-34(36)41-25-31-17-11-6-12-18-31;/h4-22,42H,23-25H2,1-3H3;/q;+1. The predicted octanol–water partition coefficient (Wildman–Crippen LogP) is 5.50. The van der Waals surface area contributed by atoms with E-state index in [0.29, 0.717) is 37.1 Å². The number of rotatable bonds is 12. The van der Waals surface area contributed by atoms with Crippen LogP contribution in [0.4, 0.5) is 0 Å². The van der Waals surface area contributed by atoms with Gasteiger partial charge in [0, 0.05) is 17.7 Å². The third kappa shape index (κ3) is 8.85. The van der Waals surface area contributed by atoms with Crippen molar-refractivity contribution in [2.24, 2.45) is 0 Å². The van der Waals surface area contributed by atoms with Crippen molar-refractivity contribution < 1.29 is 37.9 Å². The van der Waals surface area contributed by atoms with E-state index < -0.39 is 0 Å². The summed E-state index contributed by atoms with van der Waals surface area (Å²) in [6.07, 6.45) is 0. The molecule has 212 valence electrons. The van der Waals surface area contributed by atoms with Gasteiger partial charge in [-0.15, -0.1) is 0 Å². The molecule has 0 fully saturated rings. The monoisotopic (exact) mass is 581 g/mol. The van der Waals surface area contributed by atoms with E-state index >= 15 is 0 Å². The van der Waals surface area contributed by atoms with E-state index in [2.05, 4.69) is 19.1 Å². The fourth-order valence-corrected chi connectivity index (χ4v) is 6.21. The van der Waals surface area contributed by atoms with Gasteiger partial charge in [-0.3, -0.25) is 4.79 Å². The molecule has 0 saturated heterocycles. The number of carbonyl (C=O) groups excluding carboxylic acids is 1. The van der Waals surface area contributed by atoms with Crippen molar-refractivity contribution in [1.29, 1.82) is 0 Å². The summed E-state index contributed by atoms with van der Waals surface area (Å²) in [4.78, 5) is 13.9. The molecule has 0 heterocycles. The van der Waals surface area contributed by atoms with Gasteiger partial charge in [0.15, 0.2) is 5.52 Å². The maximum Gasteiger partial charge on any atom is 1.00 e. The van der Waals surface area contributed by atoms with Gasteiger partial charge in [-0.25, -0.2) is 0 Å². The fourth-order valence-electron chi connectivity index (χ4n) is 4.93. The van der Waals surface area contributed by atoms with Gasteiger partial charge in [0.05, 0.1) is 5.30 Å². The molecule has 43 heavy (non-hydrogen) atoms. The Morgan fingerprint density at radius 3 is 1.40 bits per heavy atom. The second-order valence-corrected chi connectivity index (χ2v) is 11.5. The van der Waals surface area contributed by atoms with Crippen molar-refractivity contribution in [3.8, 4) is 17.2 Å². The Morgan fingerprint density at radius 1 is 0.581 bits per heavy atom. The molecule has 0 aromatic heterocycles. The number of carbonyl (C=O) groups is 1. The van der Waals surface area contributed by atoms with Crippen LogP contribution in [0, 0.1) is 20.8 Å². The number of hydrogen-bond acceptors (Lipinski definition) is 4. The normalized spacial score (nSPS) is 10.8. The number of hydrogen-bond donors (Lipinski definition) is 0. The van der Waals surface area contributed by atoms with Gasteiger partial charge in [-0.2, -0.15) is 0 Å². The summed E-state index contributed by atoms with van der Waals surface area (Å²) in [7, 11) is -0.195. The van der Waals surface area contributed by atoms with Crippen molar-refractivity contribution in [3.05, 3.63) is 154 Å². The van der Waals surface area contributed by atoms with E-state index in [1.807, 2.05) is 117 Å². The Hall–Kier alpha value is -3.80. The first kappa shape index (κ1) is 32.1. The van der Waals surface area contributed by atoms with Gasteiger partial charge in [-0.05, 0) is 57.2 Å². The van der Waals surface area contributed by atoms with E-state index in [0.717, 1.165) is 44.2 Å². The Morgan fingerprint density at radius 2 is 0.977 bits per heavy atom. The zero-order valence-corrected chi connectivity index (χ0v) is 26.2. The van der Waals surface area contributed by atoms with Crippen LogP contribution >= 0.6 is 8.58 Å². The Bertz CT molecular complexity index is 1550. The van der Waals surface area contributed by atoms with Gasteiger partial charge in [0.2, 0.25) is 0 Å². The molecule has 5 aromatic carbocycles. The number of aryl methyl sites for hydroxylation is 3. The van der Waals surface area contributed by atoms with E-state index in [9.17, 15) is 4.79 Å². The molecule has 1 unspecified atom stereocenters. The minimum absolute atomic E-state index is 0. The first-order chi connectivity index (χ1) is 20.5. The average molecular weight is 582 g/mol. The van der Waals surface area contributed by atoms with Crippen molar-refractivity contribution in [3.63, 3.8) is 0 Å². The molecule has 0 aliphatic carbocycles. The SMILES string of the molecule is Cc1cc(C)c(C(=O)Pc2c(OCc3ccccc3)cc(OCc3ccccc3)cc2OCc2ccccc2)c(C)c1.[Li+]. The van der Waals surface area contributed by atoms with Crippen LogP contribution in [-0.4, -0.2) is 5.52 Å². The summed E-state index contributed by atoms with van der Waals surface area (Å²) < 4.78 is 19.1. The summed E-state index contributed by atoms with van der Waals surface area (Å²) in [5.74, 6) is 1.79. The third-order valence-electron chi connectivity index (χ3n) is 6.90. The Balaban J connectivity index is 0.00000423. The largest absolute Gasteiger partial charge is 1.00 e. The van der Waals surface area contributed by atoms with Crippen molar-refractivity contribution in [2.45, 2.75) is 40.6 Å². The van der Waals surface area contributed by atoms with Crippen LogP contribution in [0.15, 0.2) is 115 Å². The summed E-state index contributed by atoms with van der Waals surface area (Å²) in [5, 5.41) is 0.735. The topological polar surface area (TPSA) is 44.8 Å². The summed E-state index contributed by atoms with van der Waals surface area (Å²) >= 11 is 0. The molecule has 0 bridgehead atoms. The van der Waals surface area contributed by atoms with Crippen LogP contribution in [0.1, 0.15) is 43.7 Å². The molecule has 5 aromatic rings. The average Bonchev–Trinajstić information content (AvgIpc) is 3.00. The van der Waals surface area contributed by atoms with E-state index in [1.165, 1.54) is 0 Å². The molecule has 0 aliphatic heterocycles. The molecule has 5 rings (SSSR count). The van der Waals surface area contributed by atoms with E-state index in [4.69, 9.17) is 14.2 Å². The Kier molecular flexibility index (Phi) is 11.7. The Labute approximate surface area is 268 Å². The predicted molar refractivity (Wildman–Crippen MR) is 172 cm³/mol. The second-order valence-electron chi connectivity index (χ2n) is 10.3. The minimum Gasteiger partial charge on any atom is -0.489 e. The molecule has 4 nitrogen and oxygen atoms in total. The first-order valence-corrected chi connectivity index (χ1v) is 15.0. The van der Waals surface area contributed by atoms with Crippen LogP contribution in [-0.2, 0) is 19.8 Å². The molecular formula is C37H35LiO4P+. The molecule has 0 N–H and O–H groups in total. The summed E-state index contributed by atoms with van der Waals surface area (Å²) in [5.41, 5.74) is 7.03. The van der Waals surface area contributed by atoms with Crippen LogP contribution < -0.4 is 38.4 Å². The van der Waals surface area contributed by atoms with Crippen molar-refractivity contribution in [1.82, 2.24) is 0 Å². The van der Waals surface area contributed by atoms with Crippen molar-refractivity contribution >= 4 is 19.4 Å². The zero-order valence-electron chi connectivity index (χ0n) is 25.2. The fraction of sp³-hybridized carbons (Fsp3) is 0.162. The summed E-state index contributed by atoms with van der Waals surface area (Å²) in [6, 6.07) is 37.9. The van der Waals surface area contributed by atoms with Crippen LogP contribution in [0.3, 0.4) is 0 Å². The smallest absolute Gasteiger partial charge is 0.489 e. The third-order valence-corrected chi connectivity index (χ3v) is 8.12. The molecule has 0 aliphatic rings. The molecule has 6 heteroatoms. The number of ether oxygens (including phenoxy) is 3. The molecule has 1 atom stereocenters. The molecule has 0 radical (unpaired) electrons. The van der Waals surface area contributed by atoms with E-state index in [-0.39, 0.29) is 33.0 Å².